The van der Waals surface area contributed by atoms with Crippen LogP contribution in [0.15, 0.2) is 36.4 Å². The molecule has 0 atom stereocenters. The molecule has 0 unspecified atom stereocenters. The Bertz CT molecular complexity index is 933. The van der Waals surface area contributed by atoms with E-state index in [9.17, 15) is 18.0 Å². The van der Waals surface area contributed by atoms with E-state index in [0.717, 1.165) is 22.1 Å². The van der Waals surface area contributed by atoms with Gasteiger partial charge < -0.3 is 4.74 Å². The predicted octanol–water partition coefficient (Wildman–Crippen LogP) is 4.04. The Balaban J connectivity index is 2.14. The van der Waals surface area contributed by atoms with E-state index < -0.39 is 17.8 Å². The normalized spacial score (nSPS) is 11.6. The molecule has 136 valence electrons. The van der Waals surface area contributed by atoms with Gasteiger partial charge >= 0.3 is 12.1 Å². The van der Waals surface area contributed by atoms with Crippen molar-refractivity contribution in [3.05, 3.63) is 52.7 Å². The highest BCUT2D eigenvalue weighted by Crippen LogP contribution is 2.35. The number of carbonyl (C=O) groups excluding carboxylic acids is 1. The van der Waals surface area contributed by atoms with Crippen molar-refractivity contribution in [2.24, 2.45) is 0 Å². The molecule has 2 heterocycles. The van der Waals surface area contributed by atoms with Gasteiger partial charge in [-0.1, -0.05) is 41.7 Å². The Labute approximate surface area is 151 Å². The van der Waals surface area contributed by atoms with E-state index in [2.05, 4.69) is 14.8 Å². The first kappa shape index (κ1) is 18.1. The maximum absolute atomic E-state index is 13.3. The van der Waals surface area contributed by atoms with Crippen molar-refractivity contribution >= 4 is 17.3 Å². The second kappa shape index (κ2) is 6.91. The Hall–Kier alpha value is -2.68. The molecule has 0 aliphatic heterocycles. The molecule has 1 aromatic carbocycles. The van der Waals surface area contributed by atoms with Crippen molar-refractivity contribution in [1.29, 1.82) is 0 Å². The van der Waals surface area contributed by atoms with Gasteiger partial charge in [0, 0.05) is 10.4 Å². The van der Waals surface area contributed by atoms with Crippen molar-refractivity contribution in [3.63, 3.8) is 0 Å². The van der Waals surface area contributed by atoms with E-state index in [1.807, 2.05) is 6.07 Å². The number of rotatable bonds is 4. The van der Waals surface area contributed by atoms with Gasteiger partial charge in [0.15, 0.2) is 5.69 Å². The lowest BCUT2D eigenvalue weighted by Gasteiger charge is -2.07. The Morgan fingerprint density at radius 3 is 2.58 bits per heavy atom. The first-order valence-electron chi connectivity index (χ1n) is 7.55. The summed E-state index contributed by atoms with van der Waals surface area (Å²) < 4.78 is 45.3. The van der Waals surface area contributed by atoms with Crippen LogP contribution in [0.1, 0.15) is 16.3 Å². The van der Waals surface area contributed by atoms with Crippen molar-refractivity contribution in [2.45, 2.75) is 19.5 Å². The highest BCUT2D eigenvalue weighted by molar-refractivity contribution is 7.14. The second-order valence-corrected chi connectivity index (χ2v) is 6.53. The summed E-state index contributed by atoms with van der Waals surface area (Å²) in [5.41, 5.74) is 0.458. The zero-order chi connectivity index (χ0) is 18.9. The predicted molar refractivity (Wildman–Crippen MR) is 90.1 cm³/mol. The molecule has 0 radical (unpaired) electrons. The molecular weight excluding hydrogens is 367 g/mol. The van der Waals surface area contributed by atoms with Gasteiger partial charge in [-0.3, -0.25) is 4.79 Å². The Morgan fingerprint density at radius 1 is 1.27 bits per heavy atom. The van der Waals surface area contributed by atoms with Crippen LogP contribution in [-0.4, -0.2) is 27.8 Å². The molecule has 0 aliphatic rings. The lowest BCUT2D eigenvalue weighted by Crippen LogP contribution is -2.13. The van der Waals surface area contributed by atoms with Gasteiger partial charge in [0.25, 0.3) is 0 Å². The van der Waals surface area contributed by atoms with Crippen LogP contribution in [0.4, 0.5) is 13.2 Å². The van der Waals surface area contributed by atoms with E-state index in [4.69, 9.17) is 0 Å². The fraction of sp³-hybridized carbons (Fsp3) is 0.235. The van der Waals surface area contributed by atoms with Gasteiger partial charge in [0.2, 0.25) is 5.13 Å². The highest BCUT2D eigenvalue weighted by Gasteiger charge is 2.37. The van der Waals surface area contributed by atoms with E-state index in [1.54, 1.807) is 24.3 Å². The minimum Gasteiger partial charge on any atom is -0.469 e. The van der Waals surface area contributed by atoms with Gasteiger partial charge in [0.1, 0.15) is 0 Å². The third-order valence-electron chi connectivity index (χ3n) is 3.57. The number of thiazole rings is 1. The average Bonchev–Trinajstić information content (AvgIpc) is 3.19. The fourth-order valence-electron chi connectivity index (χ4n) is 2.42. The lowest BCUT2D eigenvalue weighted by atomic mass is 10.1. The average molecular weight is 381 g/mol. The van der Waals surface area contributed by atoms with Crippen LogP contribution in [-0.2, 0) is 22.1 Å². The fourth-order valence-corrected chi connectivity index (χ4v) is 3.45. The molecule has 0 fully saturated rings. The summed E-state index contributed by atoms with van der Waals surface area (Å²) in [7, 11) is 1.26. The summed E-state index contributed by atoms with van der Waals surface area (Å²) in [5.74, 6) is -0.495. The molecule has 26 heavy (non-hydrogen) atoms. The summed E-state index contributed by atoms with van der Waals surface area (Å²) in [5, 5.41) is 3.97. The van der Waals surface area contributed by atoms with Gasteiger partial charge in [-0.05, 0) is 13.0 Å². The number of alkyl halides is 3. The lowest BCUT2D eigenvalue weighted by molar-refractivity contribution is -0.143. The molecule has 0 bridgehead atoms. The molecule has 0 N–H and O–H groups in total. The molecule has 0 amide bonds. The molecule has 5 nitrogen and oxygen atoms in total. The van der Waals surface area contributed by atoms with Gasteiger partial charge in [-0.2, -0.15) is 18.3 Å². The molecule has 2 aromatic heterocycles. The molecule has 0 saturated heterocycles. The van der Waals surface area contributed by atoms with E-state index in [0.29, 0.717) is 16.1 Å². The molecule has 3 rings (SSSR count). The highest BCUT2D eigenvalue weighted by atomic mass is 32.1. The van der Waals surface area contributed by atoms with Crippen LogP contribution in [0.2, 0.25) is 0 Å². The van der Waals surface area contributed by atoms with Crippen LogP contribution in [0.3, 0.4) is 0 Å². The second-order valence-electron chi connectivity index (χ2n) is 5.47. The smallest absolute Gasteiger partial charge is 0.433 e. The first-order valence-corrected chi connectivity index (χ1v) is 8.37. The number of carbonyl (C=O) groups is 1. The zero-order valence-electron chi connectivity index (χ0n) is 13.9. The molecule has 0 saturated carbocycles. The summed E-state index contributed by atoms with van der Waals surface area (Å²) in [6, 6.07) is 9.90. The van der Waals surface area contributed by atoms with Gasteiger partial charge in [-0.25, -0.2) is 9.67 Å². The summed E-state index contributed by atoms with van der Waals surface area (Å²) in [4.78, 5) is 16.5. The zero-order valence-corrected chi connectivity index (χ0v) is 14.7. The van der Waals surface area contributed by atoms with Crippen LogP contribution in [0, 0.1) is 6.92 Å². The van der Waals surface area contributed by atoms with Crippen molar-refractivity contribution in [1.82, 2.24) is 14.8 Å². The summed E-state index contributed by atoms with van der Waals surface area (Å²) >= 11 is 0.983. The van der Waals surface area contributed by atoms with Gasteiger partial charge in [0.05, 0.1) is 24.9 Å². The largest absolute Gasteiger partial charge is 0.469 e. The minimum atomic E-state index is -4.57. The molecule has 9 heteroatoms. The van der Waals surface area contributed by atoms with E-state index >= 15 is 0 Å². The first-order chi connectivity index (χ1) is 12.3. The summed E-state index contributed by atoms with van der Waals surface area (Å²) in [6.45, 7) is 1.48. The van der Waals surface area contributed by atoms with Crippen molar-refractivity contribution < 1.29 is 22.7 Å². The number of aryl methyl sites for hydroxylation is 1. The number of methoxy groups -OCH3 is 1. The van der Waals surface area contributed by atoms with Crippen LogP contribution in [0.25, 0.3) is 16.4 Å². The monoisotopic (exact) mass is 381 g/mol. The van der Waals surface area contributed by atoms with Gasteiger partial charge in [-0.15, -0.1) is 0 Å². The molecule has 0 spiro atoms. The number of ether oxygens (including phenoxy) is 1. The van der Waals surface area contributed by atoms with E-state index in [1.165, 1.54) is 14.0 Å². The van der Waals surface area contributed by atoms with Crippen molar-refractivity contribution in [2.75, 3.05) is 7.11 Å². The number of nitrogens with zero attached hydrogens (tertiary/aromatic N) is 3. The van der Waals surface area contributed by atoms with Crippen molar-refractivity contribution in [3.8, 4) is 16.4 Å². The number of aromatic nitrogens is 3. The molecular formula is C17H14F3N3O2S. The third-order valence-corrected chi connectivity index (χ3v) is 4.60. The van der Waals surface area contributed by atoms with Crippen LogP contribution in [0.5, 0.6) is 0 Å². The summed E-state index contributed by atoms with van der Waals surface area (Å²) in [6.07, 6.45) is -4.65. The maximum Gasteiger partial charge on any atom is 0.433 e. The third kappa shape index (κ3) is 3.62. The quantitative estimate of drug-likeness (QED) is 0.640. The Kier molecular flexibility index (Phi) is 4.82. The SMILES string of the molecule is COC(=O)Cc1sc(-n2nc(C)cc2C(F)(F)F)nc1-c1ccccc1. The number of hydrogen-bond acceptors (Lipinski definition) is 5. The van der Waals surface area contributed by atoms with Crippen LogP contribution >= 0.6 is 11.3 Å². The molecule has 0 aliphatic carbocycles. The minimum absolute atomic E-state index is 0.0446. The van der Waals surface area contributed by atoms with E-state index in [-0.39, 0.29) is 17.2 Å². The Morgan fingerprint density at radius 2 is 1.96 bits per heavy atom. The number of esters is 1. The number of benzene rings is 1. The number of hydrogen-bond donors (Lipinski definition) is 0. The topological polar surface area (TPSA) is 57.0 Å². The maximum atomic E-state index is 13.3. The molecule has 3 aromatic rings. The number of halogens is 3. The standard InChI is InChI=1S/C17H14F3N3O2S/c1-10-8-13(17(18,19)20)23(22-10)16-21-15(11-6-4-3-5-7-11)12(26-16)9-14(24)25-2/h3-8H,9H2,1-2H3. The van der Waals surface area contributed by atoms with Crippen LogP contribution < -0.4 is 0 Å².